The molecule has 0 radical (unpaired) electrons. The molecular formula is C28H32ClN3O5S. The van der Waals surface area contributed by atoms with Crippen molar-refractivity contribution < 1.29 is 22.7 Å². The number of carbonyl (C=O) groups is 2. The summed E-state index contributed by atoms with van der Waals surface area (Å²) in [6, 6.07) is 19.0. The fraction of sp³-hybridized carbons (Fsp3) is 0.286. The van der Waals surface area contributed by atoms with Crippen LogP contribution in [0.4, 0.5) is 5.69 Å². The van der Waals surface area contributed by atoms with Gasteiger partial charge in [0.2, 0.25) is 11.8 Å². The van der Waals surface area contributed by atoms with Gasteiger partial charge >= 0.3 is 0 Å². The summed E-state index contributed by atoms with van der Waals surface area (Å²) in [6.45, 7) is 3.25. The molecule has 10 heteroatoms. The number of halogens is 1. The first-order valence-electron chi connectivity index (χ1n) is 12.1. The molecule has 0 heterocycles. The van der Waals surface area contributed by atoms with E-state index in [4.69, 9.17) is 16.3 Å². The van der Waals surface area contributed by atoms with E-state index < -0.39 is 28.5 Å². The van der Waals surface area contributed by atoms with Crippen molar-refractivity contribution in [2.75, 3.05) is 25.0 Å². The number of hydrogen-bond donors (Lipinski definition) is 1. The molecule has 0 aliphatic carbocycles. The highest BCUT2D eigenvalue weighted by Crippen LogP contribution is 2.27. The Morgan fingerprint density at radius 3 is 2.11 bits per heavy atom. The van der Waals surface area contributed by atoms with Gasteiger partial charge in [0.25, 0.3) is 10.0 Å². The number of benzene rings is 3. The molecule has 0 spiro atoms. The number of hydrogen-bond acceptors (Lipinski definition) is 5. The van der Waals surface area contributed by atoms with Gasteiger partial charge in [-0.15, -0.1) is 0 Å². The Hall–Kier alpha value is -3.56. The molecule has 1 N–H and O–H groups in total. The van der Waals surface area contributed by atoms with Crippen LogP contribution in [0.15, 0.2) is 77.7 Å². The predicted octanol–water partition coefficient (Wildman–Crippen LogP) is 4.41. The number of ether oxygens (including phenoxy) is 1. The third kappa shape index (κ3) is 6.85. The molecule has 2 amide bonds. The lowest BCUT2D eigenvalue weighted by Crippen LogP contribution is -2.51. The maximum atomic E-state index is 13.9. The number of carbonyl (C=O) groups excluding carboxylic acids is 2. The van der Waals surface area contributed by atoms with Gasteiger partial charge in [-0.05, 0) is 67.4 Å². The summed E-state index contributed by atoms with van der Waals surface area (Å²) in [4.78, 5) is 28.1. The fourth-order valence-corrected chi connectivity index (χ4v) is 5.53. The van der Waals surface area contributed by atoms with E-state index in [1.807, 2.05) is 6.92 Å². The third-order valence-electron chi connectivity index (χ3n) is 6.15. The van der Waals surface area contributed by atoms with Gasteiger partial charge in [0.1, 0.15) is 18.3 Å². The molecule has 0 aliphatic rings. The van der Waals surface area contributed by atoms with Crippen LogP contribution in [0.5, 0.6) is 5.75 Å². The van der Waals surface area contributed by atoms with Crippen LogP contribution in [0.2, 0.25) is 5.02 Å². The van der Waals surface area contributed by atoms with E-state index in [1.54, 1.807) is 67.6 Å². The standard InChI is InChI=1S/C28H32ClN3O5S/c1-5-26(28(34)30-3)31(18-21-8-10-22(29)11-9-21)27(33)19-32(23-12-14-24(37-4)15-13-23)38(35,36)25-16-6-20(2)7-17-25/h6-17,26H,5,18-19H2,1-4H3,(H,30,34)/t26-/m1/s1. The molecule has 0 saturated carbocycles. The van der Waals surface area contributed by atoms with Crippen molar-refractivity contribution in [1.29, 1.82) is 0 Å². The first kappa shape index (κ1) is 29.0. The summed E-state index contributed by atoms with van der Waals surface area (Å²) in [5, 5.41) is 3.15. The lowest BCUT2D eigenvalue weighted by Gasteiger charge is -2.33. The minimum absolute atomic E-state index is 0.0503. The molecule has 0 bridgehead atoms. The molecule has 8 nitrogen and oxygen atoms in total. The van der Waals surface area contributed by atoms with E-state index in [2.05, 4.69) is 5.32 Å². The maximum absolute atomic E-state index is 13.9. The van der Waals surface area contributed by atoms with Crippen molar-refractivity contribution in [2.24, 2.45) is 0 Å². The highest BCUT2D eigenvalue weighted by atomic mass is 35.5. The van der Waals surface area contributed by atoms with Crippen molar-refractivity contribution >= 4 is 39.1 Å². The molecule has 3 rings (SSSR count). The van der Waals surface area contributed by atoms with Gasteiger partial charge in [-0.2, -0.15) is 0 Å². The SMILES string of the molecule is CC[C@H](C(=O)NC)N(Cc1ccc(Cl)cc1)C(=O)CN(c1ccc(OC)cc1)S(=O)(=O)c1ccc(C)cc1. The Morgan fingerprint density at radius 1 is 0.974 bits per heavy atom. The Morgan fingerprint density at radius 2 is 1.58 bits per heavy atom. The summed E-state index contributed by atoms with van der Waals surface area (Å²) >= 11 is 6.02. The number of likely N-dealkylation sites (N-methyl/N-ethyl adjacent to an activating group) is 1. The van der Waals surface area contributed by atoms with Gasteiger partial charge in [0.05, 0.1) is 17.7 Å². The lowest BCUT2D eigenvalue weighted by atomic mass is 10.1. The van der Waals surface area contributed by atoms with E-state index >= 15 is 0 Å². The minimum atomic E-state index is -4.13. The van der Waals surface area contributed by atoms with Crippen molar-refractivity contribution in [3.8, 4) is 5.75 Å². The number of aryl methyl sites for hydroxylation is 1. The maximum Gasteiger partial charge on any atom is 0.264 e. The normalized spacial score (nSPS) is 11.9. The summed E-state index contributed by atoms with van der Waals surface area (Å²) < 4.78 is 33.9. The van der Waals surface area contributed by atoms with E-state index in [9.17, 15) is 18.0 Å². The summed E-state index contributed by atoms with van der Waals surface area (Å²) in [5.74, 6) is -0.322. The Bertz CT molecular complexity index is 1340. The van der Waals surface area contributed by atoms with Crippen LogP contribution in [-0.4, -0.2) is 51.9 Å². The van der Waals surface area contributed by atoms with Crippen molar-refractivity contribution in [3.63, 3.8) is 0 Å². The largest absolute Gasteiger partial charge is 0.497 e. The Labute approximate surface area is 229 Å². The predicted molar refractivity (Wildman–Crippen MR) is 149 cm³/mol. The second-order valence-electron chi connectivity index (χ2n) is 8.71. The van der Waals surface area contributed by atoms with Crippen LogP contribution in [0.1, 0.15) is 24.5 Å². The van der Waals surface area contributed by atoms with Crippen molar-refractivity contribution in [1.82, 2.24) is 10.2 Å². The van der Waals surface area contributed by atoms with Gasteiger partial charge < -0.3 is 15.0 Å². The van der Waals surface area contributed by atoms with Crippen LogP contribution >= 0.6 is 11.6 Å². The molecule has 38 heavy (non-hydrogen) atoms. The second-order valence-corrected chi connectivity index (χ2v) is 11.0. The second kappa shape index (κ2) is 12.8. The highest BCUT2D eigenvalue weighted by Gasteiger charge is 2.33. The zero-order chi connectivity index (χ0) is 27.9. The number of amides is 2. The van der Waals surface area contributed by atoms with E-state index in [1.165, 1.54) is 31.2 Å². The first-order chi connectivity index (χ1) is 18.1. The third-order valence-corrected chi connectivity index (χ3v) is 8.19. The van der Waals surface area contributed by atoms with Crippen LogP contribution in [0.25, 0.3) is 0 Å². The first-order valence-corrected chi connectivity index (χ1v) is 13.9. The van der Waals surface area contributed by atoms with Crippen LogP contribution in [0, 0.1) is 6.92 Å². The van der Waals surface area contributed by atoms with Gasteiger partial charge in [0.15, 0.2) is 0 Å². The minimum Gasteiger partial charge on any atom is -0.497 e. The number of nitrogens with zero attached hydrogens (tertiary/aromatic N) is 2. The monoisotopic (exact) mass is 557 g/mol. The zero-order valence-corrected chi connectivity index (χ0v) is 23.4. The number of anilines is 1. The molecule has 0 unspecified atom stereocenters. The topological polar surface area (TPSA) is 96.0 Å². The van der Waals surface area contributed by atoms with Crippen LogP contribution in [-0.2, 0) is 26.2 Å². The summed E-state index contributed by atoms with van der Waals surface area (Å²) in [5.41, 5.74) is 1.95. The van der Waals surface area contributed by atoms with E-state index in [-0.39, 0.29) is 17.3 Å². The molecule has 0 saturated heterocycles. The molecule has 0 aromatic heterocycles. The highest BCUT2D eigenvalue weighted by molar-refractivity contribution is 7.92. The number of sulfonamides is 1. The van der Waals surface area contributed by atoms with Crippen LogP contribution < -0.4 is 14.4 Å². The van der Waals surface area contributed by atoms with E-state index in [0.717, 1.165) is 15.4 Å². The number of methoxy groups -OCH3 is 1. The van der Waals surface area contributed by atoms with Gasteiger partial charge in [-0.3, -0.25) is 13.9 Å². The Balaban J connectivity index is 2.05. The summed E-state index contributed by atoms with van der Waals surface area (Å²) in [6.07, 6.45) is 0.340. The molecule has 0 fully saturated rings. The Kier molecular flexibility index (Phi) is 9.77. The quantitative estimate of drug-likeness (QED) is 0.377. The molecule has 1 atom stereocenters. The molecule has 202 valence electrons. The number of rotatable bonds is 11. The van der Waals surface area contributed by atoms with Gasteiger partial charge in [0, 0.05) is 18.6 Å². The van der Waals surface area contributed by atoms with Crippen LogP contribution in [0.3, 0.4) is 0 Å². The molecular weight excluding hydrogens is 526 g/mol. The molecule has 0 aliphatic heterocycles. The smallest absolute Gasteiger partial charge is 0.264 e. The average molecular weight is 558 g/mol. The molecule has 3 aromatic carbocycles. The van der Waals surface area contributed by atoms with Crippen molar-refractivity contribution in [3.05, 3.63) is 88.9 Å². The molecule has 3 aromatic rings. The lowest BCUT2D eigenvalue weighted by molar-refractivity contribution is -0.140. The van der Waals surface area contributed by atoms with Gasteiger partial charge in [-0.1, -0.05) is 48.4 Å². The van der Waals surface area contributed by atoms with E-state index in [0.29, 0.717) is 22.9 Å². The zero-order valence-electron chi connectivity index (χ0n) is 21.8. The van der Waals surface area contributed by atoms with Gasteiger partial charge in [-0.25, -0.2) is 8.42 Å². The fourth-order valence-electron chi connectivity index (χ4n) is 3.99. The average Bonchev–Trinajstić information content (AvgIpc) is 2.92. The van der Waals surface area contributed by atoms with Crippen molar-refractivity contribution in [2.45, 2.75) is 37.8 Å². The summed E-state index contributed by atoms with van der Waals surface area (Å²) in [7, 11) is -1.12. The number of nitrogens with one attached hydrogen (secondary N) is 1.